The molecular formula is C18H28FNO. The molecule has 1 N–H and O–H groups in total. The topological polar surface area (TPSA) is 21.3 Å². The molecule has 0 heterocycles. The van der Waals surface area contributed by atoms with Gasteiger partial charge in [0.25, 0.3) is 0 Å². The number of benzene rings is 1. The zero-order chi connectivity index (χ0) is 15.2. The van der Waals surface area contributed by atoms with Crippen molar-refractivity contribution in [3.05, 3.63) is 29.6 Å². The van der Waals surface area contributed by atoms with E-state index in [0.717, 1.165) is 17.2 Å². The van der Waals surface area contributed by atoms with Crippen LogP contribution in [0.2, 0.25) is 0 Å². The zero-order valence-electron chi connectivity index (χ0n) is 13.5. The molecule has 3 heteroatoms. The number of halogens is 1. The third kappa shape index (κ3) is 4.44. The van der Waals surface area contributed by atoms with Gasteiger partial charge in [-0.25, -0.2) is 4.39 Å². The van der Waals surface area contributed by atoms with Gasteiger partial charge in [0.2, 0.25) is 0 Å². The van der Waals surface area contributed by atoms with Crippen LogP contribution in [-0.2, 0) is 0 Å². The molecule has 0 aliphatic heterocycles. The SMILES string of the molecule is CCCC1CCC(NC(C)c2cc(F)ccc2OC)CC1. The highest BCUT2D eigenvalue weighted by Crippen LogP contribution is 2.31. The van der Waals surface area contributed by atoms with Crippen LogP contribution >= 0.6 is 0 Å². The Morgan fingerprint density at radius 3 is 2.62 bits per heavy atom. The van der Waals surface area contributed by atoms with E-state index in [1.807, 2.05) is 0 Å². The van der Waals surface area contributed by atoms with Crippen LogP contribution < -0.4 is 10.1 Å². The first-order valence-electron chi connectivity index (χ1n) is 8.23. The Balaban J connectivity index is 1.93. The predicted octanol–water partition coefficient (Wildman–Crippen LogP) is 4.84. The lowest BCUT2D eigenvalue weighted by Crippen LogP contribution is -2.35. The van der Waals surface area contributed by atoms with Crippen molar-refractivity contribution < 1.29 is 9.13 Å². The first-order chi connectivity index (χ1) is 10.1. The second-order valence-corrected chi connectivity index (χ2v) is 6.28. The third-order valence-electron chi connectivity index (χ3n) is 4.69. The summed E-state index contributed by atoms with van der Waals surface area (Å²) >= 11 is 0. The van der Waals surface area contributed by atoms with Crippen LogP contribution in [0.15, 0.2) is 18.2 Å². The summed E-state index contributed by atoms with van der Waals surface area (Å²) in [6, 6.07) is 5.40. The Bertz CT molecular complexity index is 441. The van der Waals surface area contributed by atoms with E-state index < -0.39 is 0 Å². The summed E-state index contributed by atoms with van der Waals surface area (Å²) in [5.74, 6) is 1.47. The standard InChI is InChI=1S/C18H28FNO/c1-4-5-14-6-9-16(10-7-14)20-13(2)17-12-15(19)8-11-18(17)21-3/h8,11-14,16,20H,4-7,9-10H2,1-3H3. The molecule has 1 aromatic rings. The van der Waals surface area contributed by atoms with Crippen LogP contribution in [0.4, 0.5) is 4.39 Å². The molecule has 2 nitrogen and oxygen atoms in total. The summed E-state index contributed by atoms with van der Waals surface area (Å²) in [4.78, 5) is 0. The van der Waals surface area contributed by atoms with Gasteiger partial charge in [0.1, 0.15) is 11.6 Å². The molecule has 1 fully saturated rings. The van der Waals surface area contributed by atoms with Gasteiger partial charge in [-0.2, -0.15) is 0 Å². The van der Waals surface area contributed by atoms with Crippen molar-refractivity contribution in [2.45, 2.75) is 64.5 Å². The fraction of sp³-hybridized carbons (Fsp3) is 0.667. The average molecular weight is 293 g/mol. The summed E-state index contributed by atoms with van der Waals surface area (Å²) in [6.07, 6.45) is 7.75. The maximum atomic E-state index is 13.5. The molecule has 1 aliphatic carbocycles. The van der Waals surface area contributed by atoms with Crippen molar-refractivity contribution >= 4 is 0 Å². The van der Waals surface area contributed by atoms with Crippen molar-refractivity contribution in [1.29, 1.82) is 0 Å². The van der Waals surface area contributed by atoms with E-state index in [2.05, 4.69) is 19.2 Å². The highest BCUT2D eigenvalue weighted by atomic mass is 19.1. The second-order valence-electron chi connectivity index (χ2n) is 6.28. The van der Waals surface area contributed by atoms with Crippen molar-refractivity contribution in [1.82, 2.24) is 5.32 Å². The van der Waals surface area contributed by atoms with E-state index in [-0.39, 0.29) is 11.9 Å². The molecule has 0 radical (unpaired) electrons. The Kier molecular flexibility index (Phi) is 6.04. The van der Waals surface area contributed by atoms with Crippen molar-refractivity contribution in [2.75, 3.05) is 7.11 Å². The largest absolute Gasteiger partial charge is 0.496 e. The summed E-state index contributed by atoms with van der Waals surface area (Å²) < 4.78 is 18.8. The molecule has 1 unspecified atom stereocenters. The Hall–Kier alpha value is -1.09. The summed E-state index contributed by atoms with van der Waals surface area (Å²) in [5, 5.41) is 3.65. The van der Waals surface area contributed by atoms with E-state index in [9.17, 15) is 4.39 Å². The lowest BCUT2D eigenvalue weighted by atomic mass is 9.83. The lowest BCUT2D eigenvalue weighted by Gasteiger charge is -2.31. The van der Waals surface area contributed by atoms with Crippen LogP contribution in [0.3, 0.4) is 0 Å². The maximum absolute atomic E-state index is 13.5. The molecule has 0 aromatic heterocycles. The maximum Gasteiger partial charge on any atom is 0.123 e. The molecule has 0 saturated heterocycles. The highest BCUT2D eigenvalue weighted by Gasteiger charge is 2.23. The van der Waals surface area contributed by atoms with Gasteiger partial charge in [0.05, 0.1) is 7.11 Å². The normalized spacial score (nSPS) is 23.8. The molecular weight excluding hydrogens is 265 g/mol. The number of methoxy groups -OCH3 is 1. The Morgan fingerprint density at radius 1 is 1.29 bits per heavy atom. The predicted molar refractivity (Wildman–Crippen MR) is 85.2 cm³/mol. The van der Waals surface area contributed by atoms with Crippen LogP contribution in [-0.4, -0.2) is 13.2 Å². The highest BCUT2D eigenvalue weighted by molar-refractivity contribution is 5.36. The second kappa shape index (κ2) is 7.79. The minimum Gasteiger partial charge on any atom is -0.496 e. The van der Waals surface area contributed by atoms with Crippen molar-refractivity contribution in [3.8, 4) is 5.75 Å². The molecule has 2 rings (SSSR count). The molecule has 1 aliphatic rings. The smallest absolute Gasteiger partial charge is 0.123 e. The fourth-order valence-electron chi connectivity index (χ4n) is 3.51. The van der Waals surface area contributed by atoms with Crippen LogP contribution in [0.1, 0.15) is 64.0 Å². The lowest BCUT2D eigenvalue weighted by molar-refractivity contribution is 0.265. The monoisotopic (exact) mass is 293 g/mol. The van der Waals surface area contributed by atoms with Crippen LogP contribution in [0.5, 0.6) is 5.75 Å². The molecule has 0 spiro atoms. The number of hydrogen-bond acceptors (Lipinski definition) is 2. The van der Waals surface area contributed by atoms with Crippen molar-refractivity contribution in [3.63, 3.8) is 0 Å². The van der Waals surface area contributed by atoms with E-state index in [0.29, 0.717) is 6.04 Å². The summed E-state index contributed by atoms with van der Waals surface area (Å²) in [6.45, 7) is 4.36. The first kappa shape index (κ1) is 16.3. The van der Waals surface area contributed by atoms with Gasteiger partial charge in [0, 0.05) is 17.6 Å². The van der Waals surface area contributed by atoms with E-state index in [1.54, 1.807) is 19.2 Å². The number of rotatable bonds is 6. The zero-order valence-corrected chi connectivity index (χ0v) is 13.5. The quantitative estimate of drug-likeness (QED) is 0.810. The van der Waals surface area contributed by atoms with Gasteiger partial charge in [0.15, 0.2) is 0 Å². The summed E-state index contributed by atoms with van der Waals surface area (Å²) in [7, 11) is 1.64. The molecule has 0 bridgehead atoms. The molecule has 1 saturated carbocycles. The van der Waals surface area contributed by atoms with E-state index in [4.69, 9.17) is 4.74 Å². The van der Waals surface area contributed by atoms with Gasteiger partial charge in [-0.15, -0.1) is 0 Å². The minimum atomic E-state index is -0.203. The Morgan fingerprint density at radius 2 is 2.00 bits per heavy atom. The minimum absolute atomic E-state index is 0.114. The van der Waals surface area contributed by atoms with Crippen molar-refractivity contribution in [2.24, 2.45) is 5.92 Å². The van der Waals surface area contributed by atoms with Gasteiger partial charge >= 0.3 is 0 Å². The molecule has 118 valence electrons. The summed E-state index contributed by atoms with van der Waals surface area (Å²) in [5.41, 5.74) is 0.910. The number of hydrogen-bond donors (Lipinski definition) is 1. The first-order valence-corrected chi connectivity index (χ1v) is 8.23. The molecule has 1 aromatic carbocycles. The van der Waals surface area contributed by atoms with Gasteiger partial charge < -0.3 is 10.1 Å². The van der Waals surface area contributed by atoms with E-state index in [1.165, 1.54) is 44.6 Å². The third-order valence-corrected chi connectivity index (χ3v) is 4.69. The average Bonchev–Trinajstić information content (AvgIpc) is 2.49. The number of ether oxygens (including phenoxy) is 1. The van der Waals surface area contributed by atoms with Crippen LogP contribution in [0.25, 0.3) is 0 Å². The number of nitrogens with one attached hydrogen (secondary N) is 1. The van der Waals surface area contributed by atoms with E-state index >= 15 is 0 Å². The van der Waals surface area contributed by atoms with Crippen LogP contribution in [0, 0.1) is 11.7 Å². The van der Waals surface area contributed by atoms with Gasteiger partial charge in [-0.1, -0.05) is 19.8 Å². The molecule has 21 heavy (non-hydrogen) atoms. The van der Waals surface area contributed by atoms with Gasteiger partial charge in [-0.05, 0) is 56.7 Å². The molecule has 0 amide bonds. The molecule has 1 atom stereocenters. The van der Waals surface area contributed by atoms with Gasteiger partial charge in [-0.3, -0.25) is 0 Å². The Labute approximate surface area is 128 Å². The fourth-order valence-corrected chi connectivity index (χ4v) is 3.51.